The molecule has 0 saturated heterocycles. The van der Waals surface area contributed by atoms with Crippen molar-refractivity contribution in [3.8, 4) is 5.75 Å². The van der Waals surface area contributed by atoms with Gasteiger partial charge in [-0.05, 0) is 44.2 Å². The quantitative estimate of drug-likeness (QED) is 0.722. The Hall–Kier alpha value is -2.23. The van der Waals surface area contributed by atoms with E-state index in [1.54, 1.807) is 6.92 Å². The third-order valence-electron chi connectivity index (χ3n) is 3.41. The Morgan fingerprint density at radius 2 is 1.93 bits per heavy atom. The molecule has 1 unspecified atom stereocenters. The van der Waals surface area contributed by atoms with Crippen molar-refractivity contribution in [2.45, 2.75) is 24.8 Å². The number of benzene rings is 2. The second kappa shape index (κ2) is 8.64. The topological polar surface area (TPSA) is 84.5 Å². The number of anilines is 1. The molecule has 2 rings (SSSR count). The van der Waals surface area contributed by atoms with Gasteiger partial charge in [-0.3, -0.25) is 4.79 Å². The number of carbonyl (C=O) groups is 1. The number of rotatable bonds is 7. The molecule has 0 radical (unpaired) electrons. The van der Waals surface area contributed by atoms with Crippen molar-refractivity contribution < 1.29 is 26.7 Å². The molecule has 0 aromatic heterocycles. The van der Waals surface area contributed by atoms with E-state index in [9.17, 15) is 22.0 Å². The second-order valence-corrected chi connectivity index (χ2v) is 7.60. The van der Waals surface area contributed by atoms with Gasteiger partial charge in [0.1, 0.15) is 22.3 Å². The summed E-state index contributed by atoms with van der Waals surface area (Å²) >= 11 is 5.86. The number of hydrogen-bond donors (Lipinski definition) is 2. The van der Waals surface area contributed by atoms with Gasteiger partial charge in [-0.2, -0.15) is 4.72 Å². The van der Waals surface area contributed by atoms with E-state index in [2.05, 4.69) is 10.0 Å². The van der Waals surface area contributed by atoms with Crippen LogP contribution in [-0.4, -0.2) is 27.0 Å². The lowest BCUT2D eigenvalue weighted by atomic mass is 10.2. The first-order valence-electron chi connectivity index (χ1n) is 7.84. The first-order valence-corrected chi connectivity index (χ1v) is 9.70. The van der Waals surface area contributed by atoms with Gasteiger partial charge in [0, 0.05) is 11.1 Å². The molecule has 10 heteroatoms. The summed E-state index contributed by atoms with van der Waals surface area (Å²) in [6.45, 7) is 3.19. The normalized spacial score (nSPS) is 12.5. The Labute approximate surface area is 160 Å². The summed E-state index contributed by atoms with van der Waals surface area (Å²) in [4.78, 5) is 11.9. The molecule has 6 nitrogen and oxygen atoms in total. The van der Waals surface area contributed by atoms with Gasteiger partial charge in [-0.15, -0.1) is 0 Å². The van der Waals surface area contributed by atoms with E-state index < -0.39 is 33.6 Å². The van der Waals surface area contributed by atoms with Crippen LogP contribution in [0, 0.1) is 11.6 Å². The number of sulfonamides is 1. The second-order valence-electron chi connectivity index (χ2n) is 5.48. The molecular weight excluding hydrogens is 402 g/mol. The number of nitrogens with one attached hydrogen (secondary N) is 2. The molecule has 146 valence electrons. The van der Waals surface area contributed by atoms with Crippen molar-refractivity contribution in [2.75, 3.05) is 11.9 Å². The minimum absolute atomic E-state index is 0.0755. The Morgan fingerprint density at radius 3 is 2.56 bits per heavy atom. The lowest BCUT2D eigenvalue weighted by Crippen LogP contribution is -2.41. The molecule has 0 heterocycles. The van der Waals surface area contributed by atoms with Crippen LogP contribution in [0.3, 0.4) is 0 Å². The summed E-state index contributed by atoms with van der Waals surface area (Å²) in [6.07, 6.45) is 0. The van der Waals surface area contributed by atoms with E-state index in [-0.39, 0.29) is 28.0 Å². The smallest absolute Gasteiger partial charge is 0.245 e. The lowest BCUT2D eigenvalue weighted by molar-refractivity contribution is -0.117. The lowest BCUT2D eigenvalue weighted by Gasteiger charge is -2.17. The number of carbonyl (C=O) groups excluding carboxylic acids is 1. The molecule has 0 fully saturated rings. The van der Waals surface area contributed by atoms with Gasteiger partial charge >= 0.3 is 0 Å². The number of halogens is 3. The largest absolute Gasteiger partial charge is 0.492 e. The van der Waals surface area contributed by atoms with Crippen molar-refractivity contribution >= 4 is 33.2 Å². The highest BCUT2D eigenvalue weighted by Crippen LogP contribution is 2.27. The van der Waals surface area contributed by atoms with Crippen molar-refractivity contribution in [3.63, 3.8) is 0 Å². The van der Waals surface area contributed by atoms with Crippen LogP contribution in [0.2, 0.25) is 5.02 Å². The molecule has 0 saturated carbocycles. The minimum Gasteiger partial charge on any atom is -0.492 e. The van der Waals surface area contributed by atoms with Crippen LogP contribution in [-0.2, 0) is 14.8 Å². The first-order chi connectivity index (χ1) is 12.6. The zero-order chi connectivity index (χ0) is 20.2. The Kier molecular flexibility index (Phi) is 6.74. The van der Waals surface area contributed by atoms with Crippen molar-refractivity contribution in [3.05, 3.63) is 53.1 Å². The van der Waals surface area contributed by atoms with Crippen molar-refractivity contribution in [1.82, 2.24) is 4.72 Å². The molecule has 0 bridgehead atoms. The fraction of sp³-hybridized carbons (Fsp3) is 0.235. The summed E-state index contributed by atoms with van der Waals surface area (Å²) in [5.41, 5.74) is -0.273. The average molecular weight is 419 g/mol. The highest BCUT2D eigenvalue weighted by molar-refractivity contribution is 7.89. The summed E-state index contributed by atoms with van der Waals surface area (Å²) in [7, 11) is -4.16. The van der Waals surface area contributed by atoms with Gasteiger partial charge in [0.15, 0.2) is 0 Å². The van der Waals surface area contributed by atoms with E-state index in [1.165, 1.54) is 25.1 Å². The molecule has 0 spiro atoms. The standard InChI is InChI=1S/C17H17ClF2N2O4S/c1-3-26-15-7-4-11(18)8-16(15)27(24,25)22-10(2)17(23)21-14-6-5-12(19)9-13(14)20/h4-10,22H,3H2,1-2H3,(H,21,23). The zero-order valence-electron chi connectivity index (χ0n) is 14.4. The highest BCUT2D eigenvalue weighted by Gasteiger charge is 2.26. The Balaban J connectivity index is 2.19. The van der Waals surface area contributed by atoms with E-state index >= 15 is 0 Å². The Morgan fingerprint density at radius 1 is 1.22 bits per heavy atom. The monoisotopic (exact) mass is 418 g/mol. The fourth-order valence-corrected chi connectivity index (χ4v) is 3.76. The number of ether oxygens (including phenoxy) is 1. The van der Waals surface area contributed by atoms with Gasteiger partial charge in [0.25, 0.3) is 0 Å². The van der Waals surface area contributed by atoms with Crippen molar-refractivity contribution in [1.29, 1.82) is 0 Å². The molecule has 1 atom stereocenters. The summed E-state index contributed by atoms with van der Waals surface area (Å²) in [6, 6.07) is 5.41. The van der Waals surface area contributed by atoms with Crippen LogP contribution in [0.15, 0.2) is 41.3 Å². The van der Waals surface area contributed by atoms with Crippen LogP contribution in [0.4, 0.5) is 14.5 Å². The van der Waals surface area contributed by atoms with Crippen LogP contribution < -0.4 is 14.8 Å². The van der Waals surface area contributed by atoms with Crippen LogP contribution in [0.1, 0.15) is 13.8 Å². The van der Waals surface area contributed by atoms with E-state index in [0.29, 0.717) is 6.07 Å². The van der Waals surface area contributed by atoms with E-state index in [1.807, 2.05) is 0 Å². The SMILES string of the molecule is CCOc1ccc(Cl)cc1S(=O)(=O)NC(C)C(=O)Nc1ccc(F)cc1F. The maximum atomic E-state index is 13.6. The van der Waals surface area contributed by atoms with Crippen LogP contribution in [0.25, 0.3) is 0 Å². The third-order valence-corrected chi connectivity index (χ3v) is 5.21. The van der Waals surface area contributed by atoms with Gasteiger partial charge in [-0.25, -0.2) is 17.2 Å². The molecule has 2 aromatic carbocycles. The molecule has 0 aliphatic rings. The minimum atomic E-state index is -4.16. The Bertz CT molecular complexity index is 954. The first kappa shape index (κ1) is 21.1. The molecule has 1 amide bonds. The van der Waals surface area contributed by atoms with E-state index in [4.69, 9.17) is 16.3 Å². The maximum absolute atomic E-state index is 13.6. The van der Waals surface area contributed by atoms with Gasteiger partial charge < -0.3 is 10.1 Å². The molecule has 27 heavy (non-hydrogen) atoms. The zero-order valence-corrected chi connectivity index (χ0v) is 16.0. The van der Waals surface area contributed by atoms with Crippen LogP contribution >= 0.6 is 11.6 Å². The third kappa shape index (κ3) is 5.38. The number of hydrogen-bond acceptors (Lipinski definition) is 4. The fourth-order valence-electron chi connectivity index (χ4n) is 2.15. The summed E-state index contributed by atoms with van der Waals surface area (Å²) in [5, 5.41) is 2.37. The van der Waals surface area contributed by atoms with Crippen LogP contribution in [0.5, 0.6) is 5.75 Å². The molecule has 0 aliphatic heterocycles. The average Bonchev–Trinajstić information content (AvgIpc) is 2.58. The maximum Gasteiger partial charge on any atom is 0.245 e. The molecule has 2 N–H and O–H groups in total. The highest BCUT2D eigenvalue weighted by atomic mass is 35.5. The summed E-state index contributed by atoms with van der Waals surface area (Å²) < 4.78 is 59.2. The van der Waals surface area contributed by atoms with E-state index in [0.717, 1.165) is 12.1 Å². The van der Waals surface area contributed by atoms with Gasteiger partial charge in [-0.1, -0.05) is 11.6 Å². The molecule has 0 aliphatic carbocycles. The molecule has 2 aromatic rings. The predicted molar refractivity (Wildman–Crippen MR) is 97.4 cm³/mol. The van der Waals surface area contributed by atoms with Crippen molar-refractivity contribution in [2.24, 2.45) is 0 Å². The summed E-state index contributed by atoms with van der Waals surface area (Å²) in [5.74, 6) is -2.54. The molecular formula is C17H17ClF2N2O4S. The number of amides is 1. The van der Waals surface area contributed by atoms with Gasteiger partial charge in [0.05, 0.1) is 18.3 Å². The predicted octanol–water partition coefficient (Wildman–Crippen LogP) is 3.32. The van der Waals surface area contributed by atoms with Gasteiger partial charge in [0.2, 0.25) is 15.9 Å².